The number of aliphatic imine (C=N–C) groups is 1. The standard InChI is InChI=1S/C24H39N5O/c1-25-23(26-20-24(11-16-30-17-12-24)29-14-5-6-15-29)27-22-10-7-13-28(19-22)18-21-8-3-2-4-9-21/h2-4,8-9,22H,5-7,10-20H2,1H3,(H2,25,26,27). The Hall–Kier alpha value is -1.63. The van der Waals surface area contributed by atoms with Crippen LogP contribution in [-0.4, -0.2) is 80.3 Å². The van der Waals surface area contributed by atoms with Crippen molar-refractivity contribution in [2.24, 2.45) is 4.99 Å². The Balaban J connectivity index is 1.30. The Morgan fingerprint density at radius 2 is 1.87 bits per heavy atom. The fourth-order valence-electron chi connectivity index (χ4n) is 5.34. The molecule has 3 aliphatic rings. The van der Waals surface area contributed by atoms with Gasteiger partial charge in [-0.25, -0.2) is 0 Å². The topological polar surface area (TPSA) is 52.1 Å². The summed E-state index contributed by atoms with van der Waals surface area (Å²) < 4.78 is 5.69. The lowest BCUT2D eigenvalue weighted by Gasteiger charge is -2.45. The first-order chi connectivity index (χ1) is 14.8. The van der Waals surface area contributed by atoms with E-state index in [2.05, 4.69) is 55.8 Å². The number of guanidine groups is 1. The number of hydrogen-bond acceptors (Lipinski definition) is 4. The molecule has 4 rings (SSSR count). The third-order valence-electron chi connectivity index (χ3n) is 7.10. The molecule has 1 aromatic carbocycles. The minimum Gasteiger partial charge on any atom is -0.381 e. The van der Waals surface area contributed by atoms with Crippen LogP contribution >= 0.6 is 0 Å². The molecule has 3 heterocycles. The highest BCUT2D eigenvalue weighted by Gasteiger charge is 2.39. The average molecular weight is 414 g/mol. The number of ether oxygens (including phenoxy) is 1. The van der Waals surface area contributed by atoms with E-state index in [-0.39, 0.29) is 5.54 Å². The number of piperidine rings is 1. The van der Waals surface area contributed by atoms with Gasteiger partial charge in [-0.05, 0) is 63.7 Å². The first-order valence-electron chi connectivity index (χ1n) is 11.8. The maximum atomic E-state index is 5.69. The van der Waals surface area contributed by atoms with E-state index in [9.17, 15) is 0 Å². The van der Waals surface area contributed by atoms with E-state index in [1.54, 1.807) is 0 Å². The highest BCUT2D eigenvalue weighted by Crippen LogP contribution is 2.30. The van der Waals surface area contributed by atoms with Crippen molar-refractivity contribution in [2.75, 3.05) is 53.0 Å². The van der Waals surface area contributed by atoms with Crippen molar-refractivity contribution in [1.82, 2.24) is 20.4 Å². The van der Waals surface area contributed by atoms with Crippen molar-refractivity contribution >= 4 is 5.96 Å². The van der Waals surface area contributed by atoms with Gasteiger partial charge in [0.25, 0.3) is 0 Å². The predicted molar refractivity (Wildman–Crippen MR) is 123 cm³/mol. The first kappa shape index (κ1) is 21.6. The van der Waals surface area contributed by atoms with Crippen molar-refractivity contribution in [2.45, 2.75) is 56.7 Å². The second-order valence-corrected chi connectivity index (χ2v) is 9.16. The quantitative estimate of drug-likeness (QED) is 0.554. The first-order valence-corrected chi connectivity index (χ1v) is 11.8. The number of nitrogens with one attached hydrogen (secondary N) is 2. The Morgan fingerprint density at radius 3 is 2.60 bits per heavy atom. The van der Waals surface area contributed by atoms with Crippen LogP contribution in [0.3, 0.4) is 0 Å². The summed E-state index contributed by atoms with van der Waals surface area (Å²) in [6.07, 6.45) is 7.33. The van der Waals surface area contributed by atoms with E-state index in [0.717, 1.165) is 51.6 Å². The molecule has 0 aromatic heterocycles. The third-order valence-corrected chi connectivity index (χ3v) is 7.10. The number of likely N-dealkylation sites (tertiary alicyclic amines) is 2. The molecule has 166 valence electrons. The summed E-state index contributed by atoms with van der Waals surface area (Å²) in [5, 5.41) is 7.41. The van der Waals surface area contributed by atoms with Crippen LogP contribution in [0.4, 0.5) is 0 Å². The van der Waals surface area contributed by atoms with E-state index in [1.807, 2.05) is 7.05 Å². The summed E-state index contributed by atoms with van der Waals surface area (Å²) >= 11 is 0. The van der Waals surface area contributed by atoms with Crippen molar-refractivity contribution in [3.05, 3.63) is 35.9 Å². The molecule has 3 aliphatic heterocycles. The Bertz CT molecular complexity index is 667. The van der Waals surface area contributed by atoms with E-state index in [0.29, 0.717) is 6.04 Å². The van der Waals surface area contributed by atoms with E-state index >= 15 is 0 Å². The Kier molecular flexibility index (Phi) is 7.63. The van der Waals surface area contributed by atoms with Crippen molar-refractivity contribution in [3.8, 4) is 0 Å². The molecule has 0 aliphatic carbocycles. The third kappa shape index (κ3) is 5.54. The maximum Gasteiger partial charge on any atom is 0.191 e. The van der Waals surface area contributed by atoms with Crippen LogP contribution < -0.4 is 10.6 Å². The summed E-state index contributed by atoms with van der Waals surface area (Å²) in [6, 6.07) is 11.3. The largest absolute Gasteiger partial charge is 0.381 e. The van der Waals surface area contributed by atoms with Crippen LogP contribution in [0.1, 0.15) is 44.1 Å². The Labute approximate surface area is 182 Å². The second-order valence-electron chi connectivity index (χ2n) is 9.16. The molecule has 0 bridgehead atoms. The zero-order valence-corrected chi connectivity index (χ0v) is 18.6. The normalized spacial score (nSPS) is 25.9. The molecule has 1 aromatic rings. The number of nitrogens with zero attached hydrogens (tertiary/aromatic N) is 3. The van der Waals surface area contributed by atoms with Crippen LogP contribution in [0.15, 0.2) is 35.3 Å². The molecule has 0 saturated carbocycles. The van der Waals surface area contributed by atoms with Crippen LogP contribution in [0.25, 0.3) is 0 Å². The lowest BCUT2D eigenvalue weighted by Crippen LogP contribution is -2.59. The molecular formula is C24H39N5O. The molecule has 6 nitrogen and oxygen atoms in total. The van der Waals surface area contributed by atoms with E-state index < -0.39 is 0 Å². The van der Waals surface area contributed by atoms with Crippen molar-refractivity contribution in [1.29, 1.82) is 0 Å². The van der Waals surface area contributed by atoms with Gasteiger partial charge in [-0.3, -0.25) is 14.8 Å². The van der Waals surface area contributed by atoms with Gasteiger partial charge in [-0.1, -0.05) is 30.3 Å². The fraction of sp³-hybridized carbons (Fsp3) is 0.708. The zero-order valence-electron chi connectivity index (χ0n) is 18.6. The molecule has 1 unspecified atom stereocenters. The van der Waals surface area contributed by atoms with Gasteiger partial charge in [-0.2, -0.15) is 0 Å². The zero-order chi connectivity index (χ0) is 20.7. The molecule has 0 spiro atoms. The van der Waals surface area contributed by atoms with Crippen molar-refractivity contribution in [3.63, 3.8) is 0 Å². The average Bonchev–Trinajstić information content (AvgIpc) is 3.34. The molecule has 2 N–H and O–H groups in total. The van der Waals surface area contributed by atoms with Gasteiger partial charge in [0.1, 0.15) is 0 Å². The molecule has 0 radical (unpaired) electrons. The Morgan fingerprint density at radius 1 is 1.10 bits per heavy atom. The minimum absolute atomic E-state index is 0.221. The second kappa shape index (κ2) is 10.6. The molecule has 6 heteroatoms. The van der Waals surface area contributed by atoms with Gasteiger partial charge in [0.2, 0.25) is 0 Å². The van der Waals surface area contributed by atoms with Gasteiger partial charge < -0.3 is 15.4 Å². The molecule has 1 atom stereocenters. The van der Waals surface area contributed by atoms with Gasteiger partial charge in [0.15, 0.2) is 5.96 Å². The SMILES string of the molecule is CN=C(NCC1(N2CCCC2)CCOCC1)NC1CCCN(Cc2ccccc2)C1. The smallest absolute Gasteiger partial charge is 0.191 e. The van der Waals surface area contributed by atoms with Gasteiger partial charge in [0.05, 0.1) is 0 Å². The molecule has 0 amide bonds. The molecule has 30 heavy (non-hydrogen) atoms. The van der Waals surface area contributed by atoms with E-state index in [1.165, 1.54) is 50.9 Å². The van der Waals surface area contributed by atoms with Crippen LogP contribution in [0.5, 0.6) is 0 Å². The lowest BCUT2D eigenvalue weighted by molar-refractivity contribution is -0.0164. The van der Waals surface area contributed by atoms with Gasteiger partial charge in [0, 0.05) is 51.5 Å². The monoisotopic (exact) mass is 413 g/mol. The summed E-state index contributed by atoms with van der Waals surface area (Å²) in [4.78, 5) is 9.83. The molecule has 3 fully saturated rings. The van der Waals surface area contributed by atoms with Crippen LogP contribution in [-0.2, 0) is 11.3 Å². The van der Waals surface area contributed by atoms with Crippen LogP contribution in [0.2, 0.25) is 0 Å². The number of hydrogen-bond donors (Lipinski definition) is 2. The molecular weight excluding hydrogens is 374 g/mol. The number of benzene rings is 1. The highest BCUT2D eigenvalue weighted by atomic mass is 16.5. The van der Waals surface area contributed by atoms with Gasteiger partial charge in [-0.15, -0.1) is 0 Å². The fourth-order valence-corrected chi connectivity index (χ4v) is 5.34. The van der Waals surface area contributed by atoms with Gasteiger partial charge >= 0.3 is 0 Å². The van der Waals surface area contributed by atoms with Crippen molar-refractivity contribution < 1.29 is 4.74 Å². The highest BCUT2D eigenvalue weighted by molar-refractivity contribution is 5.80. The molecule has 3 saturated heterocycles. The maximum absolute atomic E-state index is 5.69. The minimum atomic E-state index is 0.221. The summed E-state index contributed by atoms with van der Waals surface area (Å²) in [6.45, 7) is 8.44. The van der Waals surface area contributed by atoms with E-state index in [4.69, 9.17) is 4.74 Å². The summed E-state index contributed by atoms with van der Waals surface area (Å²) in [5.41, 5.74) is 1.62. The number of rotatable bonds is 6. The predicted octanol–water partition coefficient (Wildman–Crippen LogP) is 2.46. The lowest BCUT2D eigenvalue weighted by atomic mass is 9.88. The summed E-state index contributed by atoms with van der Waals surface area (Å²) in [7, 11) is 1.90. The summed E-state index contributed by atoms with van der Waals surface area (Å²) in [5.74, 6) is 0.951. The van der Waals surface area contributed by atoms with Crippen LogP contribution in [0, 0.1) is 0 Å².